The van der Waals surface area contributed by atoms with Crippen LogP contribution in [0.2, 0.25) is 16.6 Å². The van der Waals surface area contributed by atoms with Crippen LogP contribution in [0.3, 0.4) is 0 Å². The molecular formula is C19H31NOSi. The van der Waals surface area contributed by atoms with Gasteiger partial charge in [-0.15, -0.1) is 0 Å². The highest BCUT2D eigenvalue weighted by molar-refractivity contribution is 6.77. The summed E-state index contributed by atoms with van der Waals surface area (Å²) in [6.07, 6.45) is 3.13. The van der Waals surface area contributed by atoms with Gasteiger partial charge in [-0.1, -0.05) is 59.7 Å². The van der Waals surface area contributed by atoms with Crippen molar-refractivity contribution < 1.29 is 4.43 Å². The minimum atomic E-state index is -1.74. The maximum Gasteiger partial charge on any atom is 0.200 e. The van der Waals surface area contributed by atoms with Crippen LogP contribution < -0.4 is 0 Å². The molecule has 0 spiro atoms. The average molecular weight is 318 g/mol. The molecule has 1 N–H and O–H groups in total. The van der Waals surface area contributed by atoms with Gasteiger partial charge >= 0.3 is 0 Å². The van der Waals surface area contributed by atoms with E-state index in [4.69, 9.17) is 4.43 Å². The maximum absolute atomic E-state index is 6.66. The Labute approximate surface area is 136 Å². The number of aromatic amines is 1. The summed E-state index contributed by atoms with van der Waals surface area (Å²) in [6, 6.07) is 8.51. The third-order valence-electron chi connectivity index (χ3n) is 5.11. The Morgan fingerprint density at radius 3 is 2.14 bits per heavy atom. The minimum Gasteiger partial charge on any atom is -0.416 e. The number of benzene rings is 1. The van der Waals surface area contributed by atoms with E-state index in [1.165, 1.54) is 16.5 Å². The summed E-state index contributed by atoms with van der Waals surface area (Å²) >= 11 is 0. The van der Waals surface area contributed by atoms with Gasteiger partial charge in [-0.05, 0) is 34.7 Å². The number of nitrogens with one attached hydrogen (secondary N) is 1. The van der Waals surface area contributed by atoms with Gasteiger partial charge in [0, 0.05) is 23.7 Å². The van der Waals surface area contributed by atoms with Gasteiger partial charge in [0.05, 0.1) is 0 Å². The largest absolute Gasteiger partial charge is 0.416 e. The van der Waals surface area contributed by atoms with Gasteiger partial charge in [0.15, 0.2) is 8.32 Å². The standard InChI is InChI=1S/C19H31NOSi/c1-14(2)22(15(3)4,16(5)6)21-12-11-17-13-20-19-10-8-7-9-18(17)19/h7-10,13-16,20H,11-12H2,1-6H3. The van der Waals surface area contributed by atoms with Gasteiger partial charge < -0.3 is 9.41 Å². The molecule has 1 aromatic carbocycles. The van der Waals surface area contributed by atoms with Crippen LogP contribution in [0.4, 0.5) is 0 Å². The molecule has 0 bridgehead atoms. The highest BCUT2D eigenvalue weighted by atomic mass is 28.4. The molecule has 0 unspecified atom stereocenters. The number of hydrogen-bond donors (Lipinski definition) is 1. The first-order valence-electron chi connectivity index (χ1n) is 8.58. The van der Waals surface area contributed by atoms with Crippen molar-refractivity contribution >= 4 is 19.2 Å². The summed E-state index contributed by atoms with van der Waals surface area (Å²) < 4.78 is 6.66. The van der Waals surface area contributed by atoms with Gasteiger partial charge in [-0.2, -0.15) is 0 Å². The molecule has 2 nitrogen and oxygen atoms in total. The Balaban J connectivity index is 2.10. The molecule has 0 atom stereocenters. The zero-order valence-corrected chi connectivity index (χ0v) is 15.9. The van der Waals surface area contributed by atoms with E-state index in [1.807, 2.05) is 0 Å². The Morgan fingerprint density at radius 2 is 1.55 bits per heavy atom. The smallest absolute Gasteiger partial charge is 0.200 e. The Morgan fingerprint density at radius 1 is 0.955 bits per heavy atom. The van der Waals surface area contributed by atoms with E-state index in [-0.39, 0.29) is 0 Å². The van der Waals surface area contributed by atoms with Crippen LogP contribution in [-0.2, 0) is 10.8 Å². The van der Waals surface area contributed by atoms with Gasteiger partial charge in [0.1, 0.15) is 0 Å². The van der Waals surface area contributed by atoms with Crippen molar-refractivity contribution in [3.05, 3.63) is 36.0 Å². The van der Waals surface area contributed by atoms with Crippen LogP contribution in [0, 0.1) is 0 Å². The first kappa shape index (κ1) is 17.3. The predicted molar refractivity (Wildman–Crippen MR) is 99.0 cm³/mol. The van der Waals surface area contributed by atoms with E-state index in [0.717, 1.165) is 13.0 Å². The van der Waals surface area contributed by atoms with Crippen molar-refractivity contribution in [1.29, 1.82) is 0 Å². The lowest BCUT2D eigenvalue weighted by atomic mass is 10.1. The second-order valence-electron chi connectivity index (χ2n) is 7.28. The molecular weight excluding hydrogens is 286 g/mol. The van der Waals surface area contributed by atoms with Gasteiger partial charge in [0.25, 0.3) is 0 Å². The van der Waals surface area contributed by atoms with E-state index in [0.29, 0.717) is 16.6 Å². The van der Waals surface area contributed by atoms with Gasteiger partial charge in [-0.3, -0.25) is 0 Å². The normalized spacial score (nSPS) is 13.0. The fourth-order valence-corrected chi connectivity index (χ4v) is 9.63. The van der Waals surface area contributed by atoms with Crippen LogP contribution in [0.1, 0.15) is 47.1 Å². The summed E-state index contributed by atoms with van der Waals surface area (Å²) in [7, 11) is -1.74. The molecule has 2 rings (SSSR count). The SMILES string of the molecule is CC(C)[Si](OCCc1c[nH]c2ccccc12)(C(C)C)C(C)C. The fraction of sp³-hybridized carbons (Fsp3) is 0.579. The number of H-pyrrole nitrogens is 1. The van der Waals surface area contributed by atoms with Crippen LogP contribution in [-0.4, -0.2) is 19.9 Å². The van der Waals surface area contributed by atoms with Gasteiger partial charge in [0.2, 0.25) is 0 Å². The van der Waals surface area contributed by atoms with Crippen molar-refractivity contribution in [2.75, 3.05) is 6.61 Å². The third kappa shape index (κ3) is 3.16. The Hall–Kier alpha value is -1.06. The topological polar surface area (TPSA) is 25.0 Å². The molecule has 0 aliphatic heterocycles. The molecule has 0 aliphatic carbocycles. The zero-order chi connectivity index (χ0) is 16.3. The summed E-state index contributed by atoms with van der Waals surface area (Å²) in [4.78, 5) is 3.36. The third-order valence-corrected chi connectivity index (χ3v) is 11.2. The van der Waals surface area contributed by atoms with Crippen molar-refractivity contribution in [1.82, 2.24) is 4.98 Å². The maximum atomic E-state index is 6.66. The van der Waals surface area contributed by atoms with Crippen molar-refractivity contribution in [2.45, 2.75) is 64.6 Å². The lowest BCUT2D eigenvalue weighted by Crippen LogP contribution is -2.48. The molecule has 0 aliphatic rings. The number of aromatic nitrogens is 1. The van der Waals surface area contributed by atoms with Crippen molar-refractivity contribution in [3.63, 3.8) is 0 Å². The second-order valence-corrected chi connectivity index (χ2v) is 12.7. The molecule has 0 fully saturated rings. The zero-order valence-electron chi connectivity index (χ0n) is 14.9. The summed E-state index contributed by atoms with van der Waals surface area (Å²) in [5.74, 6) is 0. The van der Waals surface area contributed by atoms with Crippen LogP contribution in [0.15, 0.2) is 30.5 Å². The first-order valence-corrected chi connectivity index (χ1v) is 10.7. The molecule has 0 saturated carbocycles. The number of rotatable bonds is 7. The predicted octanol–water partition coefficient (Wildman–Crippen LogP) is 5.90. The lowest BCUT2D eigenvalue weighted by molar-refractivity contribution is 0.281. The Kier molecular flexibility index (Phi) is 5.51. The van der Waals surface area contributed by atoms with E-state index in [1.54, 1.807) is 0 Å². The van der Waals surface area contributed by atoms with Crippen molar-refractivity contribution in [2.24, 2.45) is 0 Å². The van der Waals surface area contributed by atoms with Crippen molar-refractivity contribution in [3.8, 4) is 0 Å². The number of hydrogen-bond acceptors (Lipinski definition) is 1. The molecule has 0 amide bonds. The fourth-order valence-electron chi connectivity index (χ4n) is 4.18. The van der Waals surface area contributed by atoms with E-state index in [2.05, 4.69) is 77.0 Å². The molecule has 0 saturated heterocycles. The summed E-state index contributed by atoms with van der Waals surface area (Å²) in [6.45, 7) is 14.9. The highest BCUT2D eigenvalue weighted by Gasteiger charge is 2.44. The molecule has 1 aromatic heterocycles. The molecule has 2 aromatic rings. The monoisotopic (exact) mass is 317 g/mol. The Bertz CT molecular complexity index is 578. The van der Waals surface area contributed by atoms with E-state index in [9.17, 15) is 0 Å². The molecule has 3 heteroatoms. The molecule has 1 heterocycles. The molecule has 22 heavy (non-hydrogen) atoms. The van der Waals surface area contributed by atoms with Crippen LogP contribution in [0.25, 0.3) is 10.9 Å². The second kappa shape index (κ2) is 7.01. The number of para-hydroxylation sites is 1. The number of fused-ring (bicyclic) bond motifs is 1. The first-order chi connectivity index (χ1) is 10.4. The van der Waals surface area contributed by atoms with E-state index < -0.39 is 8.32 Å². The van der Waals surface area contributed by atoms with Crippen LogP contribution in [0.5, 0.6) is 0 Å². The quantitative estimate of drug-likeness (QED) is 0.632. The minimum absolute atomic E-state index is 0.649. The summed E-state index contributed by atoms with van der Waals surface area (Å²) in [5.41, 5.74) is 4.54. The lowest BCUT2D eigenvalue weighted by Gasteiger charge is -2.42. The van der Waals surface area contributed by atoms with Crippen LogP contribution >= 0.6 is 0 Å². The van der Waals surface area contributed by atoms with Gasteiger partial charge in [-0.25, -0.2) is 0 Å². The molecule has 122 valence electrons. The average Bonchev–Trinajstić information content (AvgIpc) is 2.85. The molecule has 0 radical (unpaired) electrons. The van der Waals surface area contributed by atoms with E-state index >= 15 is 0 Å². The highest BCUT2D eigenvalue weighted by Crippen LogP contribution is 2.42. The summed E-state index contributed by atoms with van der Waals surface area (Å²) in [5, 5.41) is 1.33.